The summed E-state index contributed by atoms with van der Waals surface area (Å²) in [5, 5.41) is 9.07. The summed E-state index contributed by atoms with van der Waals surface area (Å²) in [4.78, 5) is 3.92. The molecular weight excluding hydrogens is 244 g/mol. The van der Waals surface area contributed by atoms with E-state index < -0.39 is 0 Å². The van der Waals surface area contributed by atoms with Crippen molar-refractivity contribution in [2.45, 2.75) is 13.2 Å². The van der Waals surface area contributed by atoms with Crippen LogP contribution in [0.2, 0.25) is 0 Å². The predicted molar refractivity (Wildman–Crippen MR) is 71.9 cm³/mol. The Bertz CT molecular complexity index is 558. The second kappa shape index (κ2) is 6.06. The number of rotatable bonds is 5. The minimum absolute atomic E-state index is 0.0302. The summed E-state index contributed by atoms with van der Waals surface area (Å²) < 4.78 is 10.9. The number of methoxy groups -OCH3 is 1. The van der Waals surface area contributed by atoms with Gasteiger partial charge in [0.25, 0.3) is 0 Å². The number of aliphatic hydroxyl groups is 1. The maximum atomic E-state index is 9.07. The molecule has 5 nitrogen and oxygen atoms in total. The van der Waals surface area contributed by atoms with Crippen LogP contribution in [0.15, 0.2) is 36.5 Å². The molecule has 0 aliphatic heterocycles. The van der Waals surface area contributed by atoms with Gasteiger partial charge in [0.1, 0.15) is 12.4 Å². The van der Waals surface area contributed by atoms with Crippen LogP contribution >= 0.6 is 0 Å². The van der Waals surface area contributed by atoms with E-state index >= 15 is 0 Å². The van der Waals surface area contributed by atoms with E-state index in [1.54, 1.807) is 37.6 Å². The Kier molecular flexibility index (Phi) is 4.20. The Hall–Kier alpha value is -2.27. The number of hydrogen-bond acceptors (Lipinski definition) is 5. The lowest BCUT2D eigenvalue weighted by Crippen LogP contribution is -2.00. The van der Waals surface area contributed by atoms with Gasteiger partial charge in [-0.3, -0.25) is 0 Å². The summed E-state index contributed by atoms with van der Waals surface area (Å²) in [6.45, 7) is 0.346. The maximum Gasteiger partial charge on any atom is 0.161 e. The van der Waals surface area contributed by atoms with Gasteiger partial charge in [0.05, 0.1) is 13.7 Å². The first kappa shape index (κ1) is 13.2. The molecule has 2 aromatic rings. The van der Waals surface area contributed by atoms with Gasteiger partial charge in [-0.15, -0.1) is 0 Å². The molecule has 100 valence electrons. The number of aromatic nitrogens is 1. The number of hydrogen-bond donors (Lipinski definition) is 2. The smallest absolute Gasteiger partial charge is 0.161 e. The van der Waals surface area contributed by atoms with Gasteiger partial charge in [0, 0.05) is 6.20 Å². The van der Waals surface area contributed by atoms with Crippen LogP contribution < -0.4 is 15.2 Å². The average Bonchev–Trinajstić information content (AvgIpc) is 2.45. The molecule has 19 heavy (non-hydrogen) atoms. The number of pyridine rings is 1. The van der Waals surface area contributed by atoms with Crippen LogP contribution in [0, 0.1) is 0 Å². The Morgan fingerprint density at radius 2 is 2.00 bits per heavy atom. The number of nitrogen functional groups attached to an aromatic ring is 1. The summed E-state index contributed by atoms with van der Waals surface area (Å²) in [5.74, 6) is 1.67. The summed E-state index contributed by atoms with van der Waals surface area (Å²) in [6, 6.07) is 8.91. The summed E-state index contributed by atoms with van der Waals surface area (Å²) in [5.41, 5.74) is 7.31. The van der Waals surface area contributed by atoms with Crippen molar-refractivity contribution in [2.75, 3.05) is 12.8 Å². The van der Waals surface area contributed by atoms with E-state index in [1.165, 1.54) is 0 Å². The van der Waals surface area contributed by atoms with Gasteiger partial charge in [0.2, 0.25) is 0 Å². The molecule has 0 fully saturated rings. The fourth-order valence-corrected chi connectivity index (χ4v) is 1.67. The van der Waals surface area contributed by atoms with Crippen molar-refractivity contribution >= 4 is 5.82 Å². The SMILES string of the molecule is COc1cc(CO)ccc1OCc1ccnc(N)c1. The third-order valence-electron chi connectivity index (χ3n) is 2.65. The van der Waals surface area contributed by atoms with Crippen LogP contribution in [0.4, 0.5) is 5.82 Å². The van der Waals surface area contributed by atoms with E-state index in [2.05, 4.69) is 4.98 Å². The van der Waals surface area contributed by atoms with Gasteiger partial charge in [-0.1, -0.05) is 6.07 Å². The minimum atomic E-state index is -0.0302. The molecule has 0 aliphatic rings. The van der Waals surface area contributed by atoms with Crippen molar-refractivity contribution in [3.8, 4) is 11.5 Å². The second-order valence-electron chi connectivity index (χ2n) is 4.02. The van der Waals surface area contributed by atoms with Gasteiger partial charge in [-0.2, -0.15) is 0 Å². The molecule has 0 bridgehead atoms. The normalized spacial score (nSPS) is 10.2. The third-order valence-corrected chi connectivity index (χ3v) is 2.65. The maximum absolute atomic E-state index is 9.07. The minimum Gasteiger partial charge on any atom is -0.493 e. The Morgan fingerprint density at radius 1 is 1.16 bits per heavy atom. The van der Waals surface area contributed by atoms with Crippen molar-refractivity contribution in [3.05, 3.63) is 47.7 Å². The van der Waals surface area contributed by atoms with Crippen LogP contribution in [0.1, 0.15) is 11.1 Å². The van der Waals surface area contributed by atoms with Crippen molar-refractivity contribution in [1.82, 2.24) is 4.98 Å². The van der Waals surface area contributed by atoms with Gasteiger partial charge >= 0.3 is 0 Å². The van der Waals surface area contributed by atoms with Gasteiger partial charge in [-0.05, 0) is 35.4 Å². The van der Waals surface area contributed by atoms with E-state index in [4.69, 9.17) is 20.3 Å². The molecule has 0 saturated carbocycles. The quantitative estimate of drug-likeness (QED) is 0.856. The highest BCUT2D eigenvalue weighted by Gasteiger charge is 2.06. The van der Waals surface area contributed by atoms with Crippen LogP contribution in [0.5, 0.6) is 11.5 Å². The highest BCUT2D eigenvalue weighted by molar-refractivity contribution is 5.43. The summed E-state index contributed by atoms with van der Waals surface area (Å²) in [7, 11) is 1.56. The standard InChI is InChI=1S/C14H16N2O3/c1-18-13-6-10(8-17)2-3-12(13)19-9-11-4-5-16-14(15)7-11/h2-7,17H,8-9H2,1H3,(H2,15,16). The number of nitrogens with zero attached hydrogens (tertiary/aromatic N) is 1. The lowest BCUT2D eigenvalue weighted by Gasteiger charge is -2.11. The molecule has 3 N–H and O–H groups in total. The molecule has 1 heterocycles. The lowest BCUT2D eigenvalue weighted by molar-refractivity contribution is 0.274. The van der Waals surface area contributed by atoms with Crippen LogP contribution in [-0.4, -0.2) is 17.2 Å². The summed E-state index contributed by atoms with van der Waals surface area (Å²) >= 11 is 0. The Morgan fingerprint density at radius 3 is 2.68 bits per heavy atom. The molecule has 0 amide bonds. The number of ether oxygens (including phenoxy) is 2. The fourth-order valence-electron chi connectivity index (χ4n) is 1.67. The topological polar surface area (TPSA) is 77.6 Å². The number of aliphatic hydroxyl groups excluding tert-OH is 1. The molecular formula is C14H16N2O3. The first-order chi connectivity index (χ1) is 9.22. The molecule has 5 heteroatoms. The van der Waals surface area contributed by atoms with E-state index in [0.29, 0.717) is 23.9 Å². The Balaban J connectivity index is 2.11. The van der Waals surface area contributed by atoms with Crippen molar-refractivity contribution in [1.29, 1.82) is 0 Å². The molecule has 0 unspecified atom stereocenters. The van der Waals surface area contributed by atoms with E-state index in [0.717, 1.165) is 11.1 Å². The van der Waals surface area contributed by atoms with Gasteiger partial charge in [-0.25, -0.2) is 4.98 Å². The predicted octanol–water partition coefficient (Wildman–Crippen LogP) is 1.74. The van der Waals surface area contributed by atoms with Gasteiger partial charge in [0.15, 0.2) is 11.5 Å². The van der Waals surface area contributed by atoms with E-state index in [9.17, 15) is 0 Å². The zero-order chi connectivity index (χ0) is 13.7. The molecule has 1 aromatic heterocycles. The highest BCUT2D eigenvalue weighted by atomic mass is 16.5. The molecule has 0 saturated heterocycles. The van der Waals surface area contributed by atoms with Crippen molar-refractivity contribution in [2.24, 2.45) is 0 Å². The van der Waals surface area contributed by atoms with Crippen LogP contribution in [0.25, 0.3) is 0 Å². The van der Waals surface area contributed by atoms with Crippen LogP contribution in [-0.2, 0) is 13.2 Å². The lowest BCUT2D eigenvalue weighted by atomic mass is 10.2. The molecule has 0 spiro atoms. The van der Waals surface area contributed by atoms with Crippen molar-refractivity contribution < 1.29 is 14.6 Å². The highest BCUT2D eigenvalue weighted by Crippen LogP contribution is 2.28. The zero-order valence-corrected chi connectivity index (χ0v) is 10.7. The first-order valence-electron chi connectivity index (χ1n) is 5.84. The average molecular weight is 260 g/mol. The zero-order valence-electron chi connectivity index (χ0n) is 10.7. The fraction of sp³-hybridized carbons (Fsp3) is 0.214. The molecule has 0 atom stereocenters. The van der Waals surface area contributed by atoms with E-state index in [1.807, 2.05) is 6.07 Å². The molecule has 0 aliphatic carbocycles. The van der Waals surface area contributed by atoms with Gasteiger partial charge < -0.3 is 20.3 Å². The molecule has 0 radical (unpaired) electrons. The molecule has 2 rings (SSSR count). The summed E-state index contributed by atoms with van der Waals surface area (Å²) in [6.07, 6.45) is 1.64. The monoisotopic (exact) mass is 260 g/mol. The first-order valence-corrected chi connectivity index (χ1v) is 5.84. The number of anilines is 1. The Labute approximate surface area is 111 Å². The van der Waals surface area contributed by atoms with Crippen LogP contribution in [0.3, 0.4) is 0 Å². The largest absolute Gasteiger partial charge is 0.493 e. The van der Waals surface area contributed by atoms with Crippen molar-refractivity contribution in [3.63, 3.8) is 0 Å². The third kappa shape index (κ3) is 3.35. The van der Waals surface area contributed by atoms with E-state index in [-0.39, 0.29) is 6.61 Å². The molecule has 1 aromatic carbocycles. The number of benzene rings is 1. The number of nitrogens with two attached hydrogens (primary N) is 1. The second-order valence-corrected chi connectivity index (χ2v) is 4.02.